The Morgan fingerprint density at radius 1 is 1.04 bits per heavy atom. The zero-order valence-corrected chi connectivity index (χ0v) is 16.6. The minimum absolute atomic E-state index is 0.0499. The van der Waals surface area contributed by atoms with Crippen molar-refractivity contribution in [3.63, 3.8) is 0 Å². The Labute approximate surface area is 163 Å². The third-order valence-electron chi connectivity index (χ3n) is 5.08. The summed E-state index contributed by atoms with van der Waals surface area (Å²) in [5.74, 6) is -0.0499. The highest BCUT2D eigenvalue weighted by Gasteiger charge is 2.15. The van der Waals surface area contributed by atoms with Crippen LogP contribution in [0.1, 0.15) is 76.7 Å². The van der Waals surface area contributed by atoms with Crippen LogP contribution < -0.4 is 5.32 Å². The predicted octanol–water partition coefficient (Wildman–Crippen LogP) is 5.23. The molecule has 0 bridgehead atoms. The molecule has 0 aliphatic heterocycles. The highest BCUT2D eigenvalue weighted by molar-refractivity contribution is 5.84. The molecule has 1 radical (unpaired) electrons. The number of unbranched alkanes of at least 4 members (excludes halogenated alkanes) is 8. The number of para-hydroxylation sites is 1. The van der Waals surface area contributed by atoms with Gasteiger partial charge >= 0.3 is 0 Å². The Morgan fingerprint density at radius 2 is 1.70 bits per heavy atom. The van der Waals surface area contributed by atoms with E-state index in [-0.39, 0.29) is 5.91 Å². The van der Waals surface area contributed by atoms with Crippen molar-refractivity contribution in [3.05, 3.63) is 36.0 Å². The van der Waals surface area contributed by atoms with Gasteiger partial charge in [-0.3, -0.25) is 9.59 Å². The number of hydrogen-bond donors (Lipinski definition) is 2. The van der Waals surface area contributed by atoms with Crippen molar-refractivity contribution in [2.75, 3.05) is 0 Å². The second kappa shape index (κ2) is 12.3. The van der Waals surface area contributed by atoms with Gasteiger partial charge in [0.2, 0.25) is 12.2 Å². The fourth-order valence-electron chi connectivity index (χ4n) is 3.51. The van der Waals surface area contributed by atoms with Crippen LogP contribution in [-0.4, -0.2) is 23.2 Å². The quantitative estimate of drug-likeness (QED) is 0.448. The summed E-state index contributed by atoms with van der Waals surface area (Å²) in [6, 6.07) is 7.38. The summed E-state index contributed by atoms with van der Waals surface area (Å²) in [5.41, 5.74) is 2.07. The fraction of sp³-hybridized carbons (Fsp3) is 0.565. The molecule has 0 fully saturated rings. The van der Waals surface area contributed by atoms with Crippen LogP contribution in [0.2, 0.25) is 0 Å². The van der Waals surface area contributed by atoms with Crippen molar-refractivity contribution in [2.24, 2.45) is 0 Å². The van der Waals surface area contributed by atoms with Gasteiger partial charge in [0.25, 0.3) is 0 Å². The fourth-order valence-corrected chi connectivity index (χ4v) is 3.51. The van der Waals surface area contributed by atoms with Crippen LogP contribution in [0, 0.1) is 0 Å². The second-order valence-electron chi connectivity index (χ2n) is 7.38. The third kappa shape index (κ3) is 7.58. The zero-order valence-electron chi connectivity index (χ0n) is 16.6. The van der Waals surface area contributed by atoms with Gasteiger partial charge in [-0.2, -0.15) is 0 Å². The number of hydrogen-bond acceptors (Lipinski definition) is 2. The summed E-state index contributed by atoms with van der Waals surface area (Å²) in [6.07, 6.45) is 15.9. The molecule has 0 unspecified atom stereocenters. The molecule has 1 aromatic carbocycles. The first-order valence-electron chi connectivity index (χ1n) is 10.5. The molecule has 0 aliphatic carbocycles. The molecular weight excluding hydrogens is 336 g/mol. The number of aromatic nitrogens is 1. The van der Waals surface area contributed by atoms with Crippen LogP contribution in [0.15, 0.2) is 30.5 Å². The smallest absolute Gasteiger partial charge is 0.223 e. The summed E-state index contributed by atoms with van der Waals surface area (Å²) in [5, 5.41) is 3.91. The maximum absolute atomic E-state index is 12.1. The molecule has 0 saturated carbocycles. The van der Waals surface area contributed by atoms with Crippen molar-refractivity contribution >= 4 is 23.1 Å². The normalized spacial score (nSPS) is 12.2. The molecule has 147 valence electrons. The van der Waals surface area contributed by atoms with Crippen LogP contribution in [0.4, 0.5) is 0 Å². The van der Waals surface area contributed by atoms with Gasteiger partial charge in [0.05, 0.1) is 6.04 Å². The Balaban J connectivity index is 1.63. The molecule has 4 heteroatoms. The van der Waals surface area contributed by atoms with E-state index in [0.717, 1.165) is 29.3 Å². The van der Waals surface area contributed by atoms with Crippen LogP contribution in [0.3, 0.4) is 0 Å². The Hall–Kier alpha value is -2.10. The first-order valence-corrected chi connectivity index (χ1v) is 10.5. The number of carbonyl (C=O) groups excluding carboxylic acids is 2. The molecule has 4 nitrogen and oxygen atoms in total. The molecule has 0 spiro atoms. The lowest BCUT2D eigenvalue weighted by molar-refractivity contribution is -0.121. The van der Waals surface area contributed by atoms with Crippen LogP contribution in [0.5, 0.6) is 0 Å². The van der Waals surface area contributed by atoms with Gasteiger partial charge in [0, 0.05) is 29.9 Å². The van der Waals surface area contributed by atoms with Crippen molar-refractivity contribution in [3.8, 4) is 0 Å². The summed E-state index contributed by atoms with van der Waals surface area (Å²) >= 11 is 0. The molecule has 0 saturated heterocycles. The zero-order chi connectivity index (χ0) is 19.3. The van der Waals surface area contributed by atoms with Gasteiger partial charge in [-0.15, -0.1) is 0 Å². The Kier molecular flexibility index (Phi) is 9.67. The second-order valence-corrected chi connectivity index (χ2v) is 7.38. The monoisotopic (exact) mass is 369 g/mol. The molecule has 27 heavy (non-hydrogen) atoms. The van der Waals surface area contributed by atoms with Gasteiger partial charge in [0.1, 0.15) is 0 Å². The Bertz CT molecular complexity index is 692. The maximum atomic E-state index is 12.1. The lowest BCUT2D eigenvalue weighted by Gasteiger charge is -2.11. The molecule has 1 aromatic heterocycles. The predicted molar refractivity (Wildman–Crippen MR) is 111 cm³/mol. The molecule has 2 N–H and O–H groups in total. The van der Waals surface area contributed by atoms with Gasteiger partial charge in [-0.1, -0.05) is 76.5 Å². The van der Waals surface area contributed by atoms with Crippen molar-refractivity contribution in [1.82, 2.24) is 10.3 Å². The van der Waals surface area contributed by atoms with Crippen LogP contribution in [0.25, 0.3) is 10.9 Å². The van der Waals surface area contributed by atoms with E-state index in [9.17, 15) is 9.59 Å². The standard InChI is InChI=1S/C23H33N2O2/c1-2-3-4-5-6-7-8-9-10-15-23(27)25-20(18-26)16-19-17-24-22-14-12-11-13-21(19)22/h11-14,17,20,24H,2-10,15-16H2,1H3,(H,25,27)/t20-/m0/s1. The number of H-pyrrole nitrogens is 1. The number of nitrogens with one attached hydrogen (secondary N) is 2. The SMILES string of the molecule is CCCCCCCCCCCC(=O)N[C@H]([C]=O)Cc1c[nH]c2ccccc12. The molecule has 1 atom stereocenters. The van der Waals surface area contributed by atoms with E-state index >= 15 is 0 Å². The van der Waals surface area contributed by atoms with Crippen molar-refractivity contribution in [2.45, 2.75) is 83.6 Å². The summed E-state index contributed by atoms with van der Waals surface area (Å²) in [6.45, 7) is 2.23. The van der Waals surface area contributed by atoms with Crippen LogP contribution in [-0.2, 0) is 16.0 Å². The van der Waals surface area contributed by atoms with Crippen molar-refractivity contribution < 1.29 is 9.59 Å². The average molecular weight is 370 g/mol. The molecular formula is C23H33N2O2. The van der Waals surface area contributed by atoms with E-state index in [2.05, 4.69) is 17.2 Å². The van der Waals surface area contributed by atoms with Crippen molar-refractivity contribution in [1.29, 1.82) is 0 Å². The van der Waals surface area contributed by atoms with Gasteiger partial charge in [-0.05, 0) is 18.1 Å². The lowest BCUT2D eigenvalue weighted by atomic mass is 10.0. The lowest BCUT2D eigenvalue weighted by Crippen LogP contribution is -2.37. The van der Waals surface area contributed by atoms with Crippen LogP contribution >= 0.6 is 0 Å². The molecule has 0 aliphatic rings. The van der Waals surface area contributed by atoms with E-state index in [0.29, 0.717) is 12.8 Å². The largest absolute Gasteiger partial charge is 0.361 e. The maximum Gasteiger partial charge on any atom is 0.223 e. The summed E-state index contributed by atoms with van der Waals surface area (Å²) in [7, 11) is 0. The van der Waals surface area contributed by atoms with E-state index in [4.69, 9.17) is 0 Å². The first kappa shape index (κ1) is 21.2. The molecule has 2 aromatic rings. The molecule has 1 amide bonds. The molecule has 2 rings (SSSR count). The minimum Gasteiger partial charge on any atom is -0.361 e. The van der Waals surface area contributed by atoms with Gasteiger partial charge in [0.15, 0.2) is 0 Å². The summed E-state index contributed by atoms with van der Waals surface area (Å²) < 4.78 is 0. The van der Waals surface area contributed by atoms with E-state index in [1.54, 1.807) is 0 Å². The van der Waals surface area contributed by atoms with E-state index in [1.165, 1.54) is 44.9 Å². The van der Waals surface area contributed by atoms with Gasteiger partial charge in [-0.25, -0.2) is 0 Å². The number of carbonyl (C=O) groups is 1. The third-order valence-corrected chi connectivity index (χ3v) is 5.08. The topological polar surface area (TPSA) is 62.0 Å². The Morgan fingerprint density at radius 3 is 2.41 bits per heavy atom. The number of rotatable bonds is 14. The number of benzene rings is 1. The van der Waals surface area contributed by atoms with Gasteiger partial charge < -0.3 is 10.3 Å². The molecule has 1 heterocycles. The number of fused-ring (bicyclic) bond motifs is 1. The first-order chi connectivity index (χ1) is 13.2. The highest BCUT2D eigenvalue weighted by Crippen LogP contribution is 2.19. The van der Waals surface area contributed by atoms with E-state index in [1.807, 2.05) is 36.7 Å². The number of amides is 1. The highest BCUT2D eigenvalue weighted by atomic mass is 16.2. The minimum atomic E-state index is -0.588. The number of aromatic amines is 1. The van der Waals surface area contributed by atoms with E-state index < -0.39 is 6.04 Å². The average Bonchev–Trinajstić information content (AvgIpc) is 3.09. The summed E-state index contributed by atoms with van der Waals surface area (Å²) in [4.78, 5) is 26.6.